The van der Waals surface area contributed by atoms with E-state index < -0.39 is 0 Å². The Kier molecular flexibility index (Phi) is 3.71. The number of hydrogen-bond acceptors (Lipinski definition) is 8. The normalized spacial score (nSPS) is 22.4. The third-order valence-corrected chi connectivity index (χ3v) is 6.13. The number of anilines is 1. The molecule has 1 aliphatic carbocycles. The fraction of sp³-hybridized carbons (Fsp3) is 0.333. The highest BCUT2D eigenvalue weighted by molar-refractivity contribution is 5.75. The van der Waals surface area contributed by atoms with Crippen molar-refractivity contribution in [1.29, 1.82) is 0 Å². The SMILES string of the molecule is Cc1cc(N2C[C@@H]3C(c4noc(Cn5ncc6ncccc6c5=O)n4)[C@@H]3C2)ccn1. The van der Waals surface area contributed by atoms with Crippen molar-refractivity contribution in [2.24, 2.45) is 11.8 Å². The lowest BCUT2D eigenvalue weighted by atomic mass is 10.2. The van der Waals surface area contributed by atoms with Crippen LogP contribution in [0.1, 0.15) is 23.3 Å². The molecule has 1 unspecified atom stereocenters. The summed E-state index contributed by atoms with van der Waals surface area (Å²) in [6, 6.07) is 7.66. The molecule has 150 valence electrons. The van der Waals surface area contributed by atoms with Crippen LogP contribution in [0.5, 0.6) is 0 Å². The Morgan fingerprint density at radius 2 is 2.03 bits per heavy atom. The lowest BCUT2D eigenvalue weighted by molar-refractivity contribution is 0.358. The van der Waals surface area contributed by atoms with Crippen molar-refractivity contribution in [2.75, 3.05) is 18.0 Å². The Morgan fingerprint density at radius 1 is 1.17 bits per heavy atom. The summed E-state index contributed by atoms with van der Waals surface area (Å²) in [5, 5.41) is 8.90. The predicted octanol–water partition coefficient (Wildman–Crippen LogP) is 1.78. The summed E-state index contributed by atoms with van der Waals surface area (Å²) in [5.41, 5.74) is 2.61. The molecule has 0 bridgehead atoms. The minimum atomic E-state index is -0.216. The average molecular weight is 401 g/mol. The highest BCUT2D eigenvalue weighted by Crippen LogP contribution is 2.57. The minimum absolute atomic E-state index is 0.154. The predicted molar refractivity (Wildman–Crippen MR) is 108 cm³/mol. The zero-order valence-electron chi connectivity index (χ0n) is 16.3. The minimum Gasteiger partial charge on any atom is -0.371 e. The first-order chi connectivity index (χ1) is 14.7. The first-order valence-corrected chi connectivity index (χ1v) is 9.98. The van der Waals surface area contributed by atoms with Gasteiger partial charge in [-0.15, -0.1) is 0 Å². The van der Waals surface area contributed by atoms with E-state index >= 15 is 0 Å². The molecule has 1 saturated carbocycles. The van der Waals surface area contributed by atoms with Gasteiger partial charge in [0.05, 0.1) is 17.1 Å². The molecular weight excluding hydrogens is 382 g/mol. The molecule has 2 aliphatic rings. The number of piperidine rings is 1. The van der Waals surface area contributed by atoms with Gasteiger partial charge < -0.3 is 9.42 Å². The molecule has 9 heteroatoms. The van der Waals surface area contributed by atoms with Crippen molar-refractivity contribution in [2.45, 2.75) is 19.4 Å². The van der Waals surface area contributed by atoms with Crippen LogP contribution in [0, 0.1) is 18.8 Å². The van der Waals surface area contributed by atoms with Crippen LogP contribution >= 0.6 is 0 Å². The first-order valence-electron chi connectivity index (χ1n) is 9.98. The number of nitrogens with zero attached hydrogens (tertiary/aromatic N) is 7. The number of hydrogen-bond donors (Lipinski definition) is 0. The fourth-order valence-electron chi connectivity index (χ4n) is 4.57. The molecule has 3 atom stereocenters. The molecule has 6 rings (SSSR count). The zero-order chi connectivity index (χ0) is 20.2. The lowest BCUT2D eigenvalue weighted by Crippen LogP contribution is -2.24. The second-order valence-electron chi connectivity index (χ2n) is 8.00. The van der Waals surface area contributed by atoms with Crippen LogP contribution in [0.2, 0.25) is 0 Å². The van der Waals surface area contributed by atoms with Gasteiger partial charge in [-0.1, -0.05) is 5.16 Å². The van der Waals surface area contributed by atoms with Crippen LogP contribution in [-0.2, 0) is 6.54 Å². The van der Waals surface area contributed by atoms with Crippen molar-refractivity contribution < 1.29 is 4.52 Å². The van der Waals surface area contributed by atoms with Gasteiger partial charge in [-0.05, 0) is 43.0 Å². The molecule has 30 heavy (non-hydrogen) atoms. The first kappa shape index (κ1) is 17.3. The average Bonchev–Trinajstić information content (AvgIpc) is 3.10. The number of rotatable bonds is 4. The van der Waals surface area contributed by atoms with Crippen LogP contribution in [0.4, 0.5) is 5.69 Å². The van der Waals surface area contributed by atoms with Crippen molar-refractivity contribution in [1.82, 2.24) is 29.9 Å². The Bertz CT molecular complexity index is 1300. The topological polar surface area (TPSA) is 103 Å². The zero-order valence-corrected chi connectivity index (χ0v) is 16.3. The van der Waals surface area contributed by atoms with Crippen LogP contribution in [0.15, 0.2) is 52.2 Å². The van der Waals surface area contributed by atoms with Crippen LogP contribution in [0.3, 0.4) is 0 Å². The highest BCUT2D eigenvalue weighted by atomic mass is 16.5. The van der Waals surface area contributed by atoms with Gasteiger partial charge >= 0.3 is 0 Å². The molecule has 2 fully saturated rings. The molecule has 1 saturated heterocycles. The number of fused-ring (bicyclic) bond motifs is 2. The van der Waals surface area contributed by atoms with Gasteiger partial charge in [0.2, 0.25) is 5.89 Å². The van der Waals surface area contributed by atoms with E-state index in [1.807, 2.05) is 13.1 Å². The molecule has 4 aromatic heterocycles. The summed E-state index contributed by atoms with van der Waals surface area (Å²) in [6.45, 7) is 4.14. The number of pyridine rings is 2. The van der Waals surface area contributed by atoms with Gasteiger partial charge in [0.1, 0.15) is 6.54 Å². The Balaban J connectivity index is 1.16. The smallest absolute Gasteiger partial charge is 0.276 e. The van der Waals surface area contributed by atoms with Crippen LogP contribution < -0.4 is 10.5 Å². The molecular formula is C21H19N7O2. The molecule has 4 aromatic rings. The second-order valence-corrected chi connectivity index (χ2v) is 8.00. The quantitative estimate of drug-likeness (QED) is 0.510. The van der Waals surface area contributed by atoms with Crippen molar-refractivity contribution in [3.05, 3.63) is 70.6 Å². The van der Waals surface area contributed by atoms with Gasteiger partial charge in [-0.2, -0.15) is 10.1 Å². The second kappa shape index (κ2) is 6.45. The van der Waals surface area contributed by atoms with E-state index in [4.69, 9.17) is 4.52 Å². The van der Waals surface area contributed by atoms with Gasteiger partial charge in [-0.3, -0.25) is 14.8 Å². The maximum atomic E-state index is 12.6. The summed E-state index contributed by atoms with van der Waals surface area (Å²) in [7, 11) is 0. The van der Waals surface area contributed by atoms with E-state index in [0.717, 1.165) is 24.6 Å². The lowest BCUT2D eigenvalue weighted by Gasteiger charge is -2.21. The van der Waals surface area contributed by atoms with E-state index in [1.165, 1.54) is 10.4 Å². The van der Waals surface area contributed by atoms with Crippen LogP contribution in [0.25, 0.3) is 10.9 Å². The van der Waals surface area contributed by atoms with E-state index in [2.05, 4.69) is 42.2 Å². The monoisotopic (exact) mass is 401 g/mol. The van der Waals surface area contributed by atoms with E-state index in [1.54, 1.807) is 24.5 Å². The molecule has 0 N–H and O–H groups in total. The molecule has 5 heterocycles. The van der Waals surface area contributed by atoms with E-state index in [-0.39, 0.29) is 12.1 Å². The van der Waals surface area contributed by atoms with Crippen molar-refractivity contribution in [3.8, 4) is 0 Å². The van der Waals surface area contributed by atoms with E-state index in [9.17, 15) is 4.79 Å². The molecule has 0 aromatic carbocycles. The largest absolute Gasteiger partial charge is 0.371 e. The maximum Gasteiger partial charge on any atom is 0.276 e. The molecule has 0 spiro atoms. The van der Waals surface area contributed by atoms with E-state index in [0.29, 0.717) is 34.5 Å². The van der Waals surface area contributed by atoms with Gasteiger partial charge in [0.25, 0.3) is 5.56 Å². The van der Waals surface area contributed by atoms with Gasteiger partial charge in [0, 0.05) is 42.8 Å². The standard InChI is InChI=1S/C21H19N7O2/c1-12-7-13(4-6-22-12)27-9-15-16(10-27)19(15)20-25-18(30-26-20)11-28-21(29)14-3-2-5-23-17(14)8-24-28/h2-8,15-16,19H,9-11H2,1H3/t15-,16+,19?. The highest BCUT2D eigenvalue weighted by Gasteiger charge is 2.58. The summed E-state index contributed by atoms with van der Waals surface area (Å²) in [5.74, 6) is 2.54. The summed E-state index contributed by atoms with van der Waals surface area (Å²) >= 11 is 0. The molecule has 0 amide bonds. The van der Waals surface area contributed by atoms with Crippen LogP contribution in [-0.4, -0.2) is 43.0 Å². The summed E-state index contributed by atoms with van der Waals surface area (Å²) < 4.78 is 6.77. The molecule has 1 aliphatic heterocycles. The number of aromatic nitrogens is 6. The molecule has 9 nitrogen and oxygen atoms in total. The van der Waals surface area contributed by atoms with Gasteiger partial charge in [0.15, 0.2) is 5.82 Å². The van der Waals surface area contributed by atoms with Gasteiger partial charge in [-0.25, -0.2) is 4.68 Å². The third kappa shape index (κ3) is 2.77. The Hall–Kier alpha value is -3.62. The summed E-state index contributed by atoms with van der Waals surface area (Å²) in [6.07, 6.45) is 5.08. The molecule has 0 radical (unpaired) electrons. The Labute approximate surface area is 171 Å². The third-order valence-electron chi connectivity index (χ3n) is 6.13. The summed E-state index contributed by atoms with van der Waals surface area (Å²) in [4.78, 5) is 28.0. The number of aryl methyl sites for hydroxylation is 1. The Morgan fingerprint density at radius 3 is 2.87 bits per heavy atom. The fourth-order valence-corrected chi connectivity index (χ4v) is 4.57. The van der Waals surface area contributed by atoms with Crippen molar-refractivity contribution in [3.63, 3.8) is 0 Å². The maximum absolute atomic E-state index is 12.6. The van der Waals surface area contributed by atoms with Crippen molar-refractivity contribution >= 4 is 16.6 Å².